The molecule has 0 saturated heterocycles. The van der Waals surface area contributed by atoms with Crippen molar-refractivity contribution >= 4 is 15.2 Å². The first kappa shape index (κ1) is 9.94. The molecular formula is C2H7O4P. The highest BCUT2D eigenvalue weighted by Crippen LogP contribution is 1.90. The van der Waals surface area contributed by atoms with Gasteiger partial charge in [0.1, 0.15) is 0 Å². The van der Waals surface area contributed by atoms with Crippen LogP contribution in [0, 0.1) is 0 Å². The van der Waals surface area contributed by atoms with E-state index in [0.29, 0.717) is 0 Å². The van der Waals surface area contributed by atoms with Crippen molar-refractivity contribution in [3.63, 3.8) is 0 Å². The van der Waals surface area contributed by atoms with Crippen LogP contribution in [0.2, 0.25) is 0 Å². The van der Waals surface area contributed by atoms with E-state index in [9.17, 15) is 4.79 Å². The van der Waals surface area contributed by atoms with Gasteiger partial charge < -0.3 is 15.7 Å². The molecular weight excluding hydrogens is 119 g/mol. The number of aliphatic hydroxyl groups is 1. The van der Waals surface area contributed by atoms with E-state index in [1.807, 2.05) is 0 Å². The molecule has 7 heavy (non-hydrogen) atoms. The highest BCUT2D eigenvalue weighted by Gasteiger charge is 2.01. The lowest BCUT2D eigenvalue weighted by Crippen LogP contribution is -2.09. The highest BCUT2D eigenvalue weighted by molar-refractivity contribution is 7.18. The van der Waals surface area contributed by atoms with E-state index in [1.54, 1.807) is 9.24 Å². The third kappa shape index (κ3) is 5.82. The summed E-state index contributed by atoms with van der Waals surface area (Å²) in [5, 5.41) is 15.7. The number of hydrogen-bond acceptors (Lipinski definition) is 2. The Morgan fingerprint density at radius 1 is 1.71 bits per heavy atom. The van der Waals surface area contributed by atoms with Gasteiger partial charge in [-0.15, -0.1) is 0 Å². The quantitative estimate of drug-likeness (QED) is 0.416. The zero-order chi connectivity index (χ0) is 5.15. The standard InChI is InChI=1S/C2H5O3P.H2O/c3-1(4)2(5)6;/h2,5H,6H2,(H,3,4);1H2. The summed E-state index contributed by atoms with van der Waals surface area (Å²) >= 11 is 0. The van der Waals surface area contributed by atoms with E-state index in [-0.39, 0.29) is 5.48 Å². The average Bonchev–Trinajstić information content (AvgIpc) is 1.36. The molecule has 0 aliphatic rings. The first-order chi connectivity index (χ1) is 2.64. The van der Waals surface area contributed by atoms with Gasteiger partial charge in [-0.3, -0.25) is 0 Å². The van der Waals surface area contributed by atoms with Crippen LogP contribution in [0.15, 0.2) is 0 Å². The van der Waals surface area contributed by atoms with Gasteiger partial charge in [0.2, 0.25) is 0 Å². The van der Waals surface area contributed by atoms with Gasteiger partial charge in [-0.1, -0.05) is 9.24 Å². The van der Waals surface area contributed by atoms with Crippen molar-refractivity contribution in [1.82, 2.24) is 0 Å². The molecule has 0 aromatic heterocycles. The predicted molar refractivity (Wildman–Crippen MR) is 27.0 cm³/mol. The fourth-order valence-corrected chi connectivity index (χ4v) is 0. The van der Waals surface area contributed by atoms with Crippen LogP contribution < -0.4 is 0 Å². The van der Waals surface area contributed by atoms with Gasteiger partial charge in [0.05, 0.1) is 0 Å². The second kappa shape index (κ2) is 3.99. The largest absolute Gasteiger partial charge is 0.479 e. The Hall–Kier alpha value is -0.180. The monoisotopic (exact) mass is 126 g/mol. The first-order valence-corrected chi connectivity index (χ1v) is 1.97. The Labute approximate surface area is 42.7 Å². The molecule has 4 nitrogen and oxygen atoms in total. The van der Waals surface area contributed by atoms with Crippen LogP contribution in [0.5, 0.6) is 0 Å². The van der Waals surface area contributed by atoms with E-state index >= 15 is 0 Å². The van der Waals surface area contributed by atoms with Crippen molar-refractivity contribution in [2.45, 2.75) is 5.85 Å². The number of carboxylic acid groups (broad SMARTS) is 1. The van der Waals surface area contributed by atoms with E-state index in [4.69, 9.17) is 10.2 Å². The molecule has 0 aliphatic carbocycles. The third-order valence-corrected chi connectivity index (χ3v) is 0.538. The molecule has 4 N–H and O–H groups in total. The van der Waals surface area contributed by atoms with Crippen LogP contribution in [0.3, 0.4) is 0 Å². The topological polar surface area (TPSA) is 89.0 Å². The summed E-state index contributed by atoms with van der Waals surface area (Å²) in [7, 11) is 1.73. The maximum atomic E-state index is 9.43. The molecule has 5 heteroatoms. The van der Waals surface area contributed by atoms with Crippen LogP contribution in [0.1, 0.15) is 0 Å². The number of aliphatic carboxylic acids is 1. The molecule has 0 amide bonds. The first-order valence-electron chi connectivity index (χ1n) is 1.31. The lowest BCUT2D eigenvalue weighted by Gasteiger charge is -1.89. The number of carboxylic acids is 1. The molecule has 0 aromatic carbocycles. The van der Waals surface area contributed by atoms with Gasteiger partial charge in [-0.05, 0) is 0 Å². The van der Waals surface area contributed by atoms with Gasteiger partial charge >= 0.3 is 5.97 Å². The fourth-order valence-electron chi connectivity index (χ4n) is 0. The van der Waals surface area contributed by atoms with E-state index in [0.717, 1.165) is 0 Å². The van der Waals surface area contributed by atoms with E-state index in [2.05, 4.69) is 0 Å². The summed E-state index contributed by atoms with van der Waals surface area (Å²) in [6.45, 7) is 0. The molecule has 0 aromatic rings. The Kier molecular flexibility index (Phi) is 5.67. The Morgan fingerprint density at radius 3 is 1.86 bits per heavy atom. The summed E-state index contributed by atoms with van der Waals surface area (Å²) in [6, 6.07) is 0. The summed E-state index contributed by atoms with van der Waals surface area (Å²) in [6.07, 6.45) is 0. The van der Waals surface area contributed by atoms with Crippen molar-refractivity contribution in [3.8, 4) is 0 Å². The molecule has 2 unspecified atom stereocenters. The van der Waals surface area contributed by atoms with Gasteiger partial charge in [0.15, 0.2) is 5.85 Å². The van der Waals surface area contributed by atoms with Gasteiger partial charge in [-0.2, -0.15) is 0 Å². The molecule has 0 saturated carbocycles. The van der Waals surface area contributed by atoms with Crippen LogP contribution in [-0.2, 0) is 4.79 Å². The number of carbonyl (C=O) groups is 1. The third-order valence-electron chi connectivity index (χ3n) is 0.253. The minimum Gasteiger partial charge on any atom is -0.479 e. The second-order valence-corrected chi connectivity index (χ2v) is 1.41. The number of hydrogen-bond donors (Lipinski definition) is 2. The molecule has 0 bridgehead atoms. The van der Waals surface area contributed by atoms with E-state index in [1.165, 1.54) is 0 Å². The summed E-state index contributed by atoms with van der Waals surface area (Å²) in [4.78, 5) is 9.43. The molecule has 0 fully saturated rings. The summed E-state index contributed by atoms with van der Waals surface area (Å²) in [5.41, 5.74) is 0. The van der Waals surface area contributed by atoms with Crippen LogP contribution in [0.25, 0.3) is 0 Å². The molecule has 0 radical (unpaired) electrons. The zero-order valence-electron chi connectivity index (χ0n) is 3.46. The normalized spacial score (nSPS) is 11.7. The molecule has 0 aliphatic heterocycles. The lowest BCUT2D eigenvalue weighted by molar-refractivity contribution is -0.142. The van der Waals surface area contributed by atoms with Crippen LogP contribution >= 0.6 is 9.24 Å². The molecule has 0 spiro atoms. The van der Waals surface area contributed by atoms with Gasteiger partial charge in [-0.25, -0.2) is 4.79 Å². The Balaban J connectivity index is 0. The Bertz CT molecular complexity index is 60.7. The maximum Gasteiger partial charge on any atom is 0.336 e. The zero-order valence-corrected chi connectivity index (χ0v) is 4.61. The van der Waals surface area contributed by atoms with Crippen molar-refractivity contribution in [2.75, 3.05) is 0 Å². The molecule has 0 rings (SSSR count). The van der Waals surface area contributed by atoms with Crippen molar-refractivity contribution in [2.24, 2.45) is 0 Å². The molecule has 0 heterocycles. The minimum absolute atomic E-state index is 0. The summed E-state index contributed by atoms with van der Waals surface area (Å²) in [5.74, 6) is -2.54. The van der Waals surface area contributed by atoms with Crippen molar-refractivity contribution in [1.29, 1.82) is 0 Å². The van der Waals surface area contributed by atoms with Gasteiger partial charge in [0, 0.05) is 0 Å². The maximum absolute atomic E-state index is 9.43. The van der Waals surface area contributed by atoms with E-state index < -0.39 is 11.8 Å². The summed E-state index contributed by atoms with van der Waals surface area (Å²) < 4.78 is 0. The van der Waals surface area contributed by atoms with Crippen LogP contribution in [0.4, 0.5) is 0 Å². The fraction of sp³-hybridized carbons (Fsp3) is 0.500. The molecule has 44 valence electrons. The number of aliphatic hydroxyl groups excluding tert-OH is 1. The Morgan fingerprint density at radius 2 is 1.86 bits per heavy atom. The SMILES string of the molecule is O.O=C(O)C(O)P. The molecule has 2 atom stereocenters. The second-order valence-electron chi connectivity index (χ2n) is 0.783. The van der Waals surface area contributed by atoms with Crippen LogP contribution in [-0.4, -0.2) is 27.5 Å². The van der Waals surface area contributed by atoms with Gasteiger partial charge in [0.25, 0.3) is 0 Å². The average molecular weight is 126 g/mol. The van der Waals surface area contributed by atoms with Crippen molar-refractivity contribution in [3.05, 3.63) is 0 Å². The van der Waals surface area contributed by atoms with Crippen molar-refractivity contribution < 1.29 is 20.5 Å². The number of rotatable bonds is 1. The minimum atomic E-state index is -1.31. The lowest BCUT2D eigenvalue weighted by atomic mass is 10.7. The smallest absolute Gasteiger partial charge is 0.336 e. The predicted octanol–water partition coefficient (Wildman–Crippen LogP) is -1.56. The highest BCUT2D eigenvalue weighted by atomic mass is 31.0.